The van der Waals surface area contributed by atoms with Gasteiger partial charge in [-0.3, -0.25) is 0 Å². The van der Waals surface area contributed by atoms with Gasteiger partial charge >= 0.3 is 6.03 Å². The Morgan fingerprint density at radius 2 is 1.80 bits per heavy atom. The second-order valence-electron chi connectivity index (χ2n) is 6.28. The van der Waals surface area contributed by atoms with Crippen LogP contribution in [0.3, 0.4) is 0 Å². The summed E-state index contributed by atoms with van der Waals surface area (Å²) in [5.41, 5.74) is 1.65. The minimum atomic E-state index is -0.274. The Bertz CT molecular complexity index is 697. The van der Waals surface area contributed by atoms with Gasteiger partial charge in [0.05, 0.1) is 11.8 Å². The summed E-state index contributed by atoms with van der Waals surface area (Å²) >= 11 is 0. The van der Waals surface area contributed by atoms with E-state index >= 15 is 0 Å². The largest absolute Gasteiger partial charge is 0.488 e. The molecule has 5 heteroatoms. The van der Waals surface area contributed by atoms with Crippen LogP contribution >= 0.6 is 0 Å². The molecule has 25 heavy (non-hydrogen) atoms. The van der Waals surface area contributed by atoms with Gasteiger partial charge in [-0.2, -0.15) is 0 Å². The standard InChI is InChI=1S/C20H23FN2O2/c21-16-11-9-15(10-12-16)13-14-22-20(24)23-18-7-3-4-8-19(18)25-17-5-1-2-6-17/h3-4,7-12,17H,1-2,5-6,13-14H2,(H2,22,23,24). The zero-order valence-corrected chi connectivity index (χ0v) is 14.1. The number of hydrogen-bond acceptors (Lipinski definition) is 2. The van der Waals surface area contributed by atoms with Gasteiger partial charge < -0.3 is 15.4 Å². The molecule has 0 unspecified atom stereocenters. The van der Waals surface area contributed by atoms with Gasteiger partial charge in [-0.15, -0.1) is 0 Å². The number of anilines is 1. The number of ether oxygens (including phenoxy) is 1. The van der Waals surface area contributed by atoms with Gasteiger partial charge in [0, 0.05) is 6.54 Å². The minimum absolute atomic E-state index is 0.240. The Balaban J connectivity index is 1.49. The average molecular weight is 342 g/mol. The number of hydrogen-bond donors (Lipinski definition) is 2. The van der Waals surface area contributed by atoms with E-state index in [4.69, 9.17) is 4.74 Å². The number of nitrogens with one attached hydrogen (secondary N) is 2. The summed E-state index contributed by atoms with van der Waals surface area (Å²) in [6, 6.07) is 13.5. The zero-order valence-electron chi connectivity index (χ0n) is 14.1. The molecule has 0 atom stereocenters. The van der Waals surface area contributed by atoms with Crippen LogP contribution in [0, 0.1) is 5.82 Å². The Hall–Kier alpha value is -2.56. The molecule has 2 aromatic rings. The topological polar surface area (TPSA) is 50.4 Å². The van der Waals surface area contributed by atoms with Gasteiger partial charge in [0.15, 0.2) is 0 Å². The van der Waals surface area contributed by atoms with Crippen LogP contribution in [0.2, 0.25) is 0 Å². The number of para-hydroxylation sites is 2. The summed E-state index contributed by atoms with van der Waals surface area (Å²) in [4.78, 5) is 12.1. The Kier molecular flexibility index (Phi) is 5.88. The van der Waals surface area contributed by atoms with Crippen molar-refractivity contribution in [3.8, 4) is 5.75 Å². The third-order valence-corrected chi connectivity index (χ3v) is 4.34. The van der Waals surface area contributed by atoms with Crippen molar-refractivity contribution in [3.63, 3.8) is 0 Å². The number of carbonyl (C=O) groups excluding carboxylic acids is 1. The number of benzene rings is 2. The molecule has 2 aromatic carbocycles. The van der Waals surface area contributed by atoms with Crippen LogP contribution in [0.4, 0.5) is 14.9 Å². The van der Waals surface area contributed by atoms with Crippen LogP contribution in [-0.4, -0.2) is 18.7 Å². The molecule has 4 nitrogen and oxygen atoms in total. The van der Waals surface area contributed by atoms with Gasteiger partial charge in [0.25, 0.3) is 0 Å². The summed E-state index contributed by atoms with van der Waals surface area (Å²) in [7, 11) is 0. The second kappa shape index (κ2) is 8.51. The van der Waals surface area contributed by atoms with E-state index in [1.54, 1.807) is 12.1 Å². The Morgan fingerprint density at radius 1 is 1.08 bits per heavy atom. The molecule has 2 N–H and O–H groups in total. The third-order valence-electron chi connectivity index (χ3n) is 4.34. The summed E-state index contributed by atoms with van der Waals surface area (Å²) in [6.07, 6.45) is 5.42. The SMILES string of the molecule is O=C(NCCc1ccc(F)cc1)Nc1ccccc1OC1CCCC1. The van der Waals surface area contributed by atoms with Crippen molar-refractivity contribution in [1.82, 2.24) is 5.32 Å². The van der Waals surface area contributed by atoms with Crippen molar-refractivity contribution in [2.45, 2.75) is 38.2 Å². The molecule has 0 aromatic heterocycles. The number of urea groups is 1. The van der Waals surface area contributed by atoms with Gasteiger partial charge in [0.2, 0.25) is 0 Å². The normalized spacial score (nSPS) is 14.3. The lowest BCUT2D eigenvalue weighted by Crippen LogP contribution is -2.30. The predicted octanol–water partition coefficient (Wildman–Crippen LogP) is 4.51. The molecule has 0 bridgehead atoms. The molecule has 1 aliphatic rings. The van der Waals surface area contributed by atoms with Crippen molar-refractivity contribution in [2.75, 3.05) is 11.9 Å². The van der Waals surface area contributed by atoms with Crippen LogP contribution in [0.1, 0.15) is 31.2 Å². The van der Waals surface area contributed by atoms with E-state index in [-0.39, 0.29) is 18.0 Å². The van der Waals surface area contributed by atoms with Gasteiger partial charge in [-0.1, -0.05) is 24.3 Å². The Morgan fingerprint density at radius 3 is 2.56 bits per heavy atom. The minimum Gasteiger partial charge on any atom is -0.488 e. The van der Waals surface area contributed by atoms with Crippen LogP contribution in [0.15, 0.2) is 48.5 Å². The molecule has 1 aliphatic carbocycles. The molecule has 0 heterocycles. The lowest BCUT2D eigenvalue weighted by Gasteiger charge is -2.17. The van der Waals surface area contributed by atoms with Crippen molar-refractivity contribution < 1.29 is 13.9 Å². The number of amides is 2. The summed E-state index contributed by atoms with van der Waals surface area (Å²) in [6.45, 7) is 0.475. The molecule has 1 fully saturated rings. The second-order valence-corrected chi connectivity index (χ2v) is 6.28. The molecule has 1 saturated carbocycles. The maximum atomic E-state index is 12.9. The number of carbonyl (C=O) groups is 1. The zero-order chi connectivity index (χ0) is 17.5. The van der Waals surface area contributed by atoms with Crippen LogP contribution in [0.25, 0.3) is 0 Å². The molecule has 0 aliphatic heterocycles. The molecular weight excluding hydrogens is 319 g/mol. The smallest absolute Gasteiger partial charge is 0.319 e. The molecule has 3 rings (SSSR count). The monoisotopic (exact) mass is 342 g/mol. The number of halogens is 1. The van der Waals surface area contributed by atoms with Gasteiger partial charge in [0.1, 0.15) is 11.6 Å². The highest BCUT2D eigenvalue weighted by atomic mass is 19.1. The van der Waals surface area contributed by atoms with Gasteiger partial charge in [-0.05, 0) is 61.9 Å². The molecule has 0 radical (unpaired) electrons. The fraction of sp³-hybridized carbons (Fsp3) is 0.350. The first-order valence-corrected chi connectivity index (χ1v) is 8.76. The van der Waals surface area contributed by atoms with Crippen LogP contribution < -0.4 is 15.4 Å². The fourth-order valence-electron chi connectivity index (χ4n) is 3.00. The van der Waals surface area contributed by atoms with Gasteiger partial charge in [-0.25, -0.2) is 9.18 Å². The average Bonchev–Trinajstić information content (AvgIpc) is 3.11. The fourth-order valence-corrected chi connectivity index (χ4v) is 3.00. The highest BCUT2D eigenvalue weighted by molar-refractivity contribution is 5.90. The van der Waals surface area contributed by atoms with Crippen molar-refractivity contribution in [1.29, 1.82) is 0 Å². The molecule has 2 amide bonds. The summed E-state index contributed by atoms with van der Waals surface area (Å²) in [5, 5.41) is 5.66. The first-order chi connectivity index (χ1) is 12.2. The van der Waals surface area contributed by atoms with E-state index in [2.05, 4.69) is 10.6 Å². The maximum Gasteiger partial charge on any atom is 0.319 e. The maximum absolute atomic E-state index is 12.9. The molecule has 0 saturated heterocycles. The van der Waals surface area contributed by atoms with E-state index in [1.165, 1.54) is 25.0 Å². The highest BCUT2D eigenvalue weighted by Gasteiger charge is 2.18. The number of rotatable bonds is 6. The van der Waals surface area contributed by atoms with E-state index in [1.807, 2.05) is 24.3 Å². The highest BCUT2D eigenvalue weighted by Crippen LogP contribution is 2.29. The molecule has 132 valence electrons. The first-order valence-electron chi connectivity index (χ1n) is 8.76. The lowest BCUT2D eigenvalue weighted by atomic mass is 10.1. The summed E-state index contributed by atoms with van der Waals surface area (Å²) < 4.78 is 18.9. The third kappa shape index (κ3) is 5.21. The van der Waals surface area contributed by atoms with E-state index in [0.29, 0.717) is 24.4 Å². The van der Waals surface area contributed by atoms with Crippen molar-refractivity contribution >= 4 is 11.7 Å². The van der Waals surface area contributed by atoms with E-state index < -0.39 is 0 Å². The van der Waals surface area contributed by atoms with Crippen molar-refractivity contribution in [2.24, 2.45) is 0 Å². The van der Waals surface area contributed by atoms with Crippen molar-refractivity contribution in [3.05, 3.63) is 59.9 Å². The quantitative estimate of drug-likeness (QED) is 0.811. The molecule has 0 spiro atoms. The lowest BCUT2D eigenvalue weighted by molar-refractivity contribution is 0.211. The van der Waals surface area contributed by atoms with E-state index in [9.17, 15) is 9.18 Å². The van der Waals surface area contributed by atoms with Crippen LogP contribution in [-0.2, 0) is 6.42 Å². The Labute approximate surface area is 147 Å². The molecular formula is C20H23FN2O2. The van der Waals surface area contributed by atoms with Crippen LogP contribution in [0.5, 0.6) is 5.75 Å². The predicted molar refractivity (Wildman–Crippen MR) is 96.5 cm³/mol. The summed E-state index contributed by atoms with van der Waals surface area (Å²) in [5.74, 6) is 0.455. The first kappa shape index (κ1) is 17.3. The van der Waals surface area contributed by atoms with E-state index in [0.717, 1.165) is 18.4 Å².